The predicted octanol–water partition coefficient (Wildman–Crippen LogP) is 2.26. The van der Waals surface area contributed by atoms with E-state index in [1.807, 2.05) is 6.26 Å². The molecule has 2 N–H and O–H groups in total. The van der Waals surface area contributed by atoms with Crippen LogP contribution in [0.25, 0.3) is 0 Å². The fourth-order valence-corrected chi connectivity index (χ4v) is 5.36. The zero-order valence-electron chi connectivity index (χ0n) is 12.8. The van der Waals surface area contributed by atoms with Gasteiger partial charge in [-0.15, -0.1) is 0 Å². The molecule has 0 bridgehead atoms. The van der Waals surface area contributed by atoms with Gasteiger partial charge in [0.05, 0.1) is 6.54 Å². The average molecular weight is 332 g/mol. The molecule has 5 nitrogen and oxygen atoms in total. The summed E-state index contributed by atoms with van der Waals surface area (Å²) in [6.45, 7) is 2.22. The Morgan fingerprint density at radius 2 is 2.10 bits per heavy atom. The van der Waals surface area contributed by atoms with Crippen molar-refractivity contribution in [1.82, 2.24) is 10.0 Å². The summed E-state index contributed by atoms with van der Waals surface area (Å²) in [4.78, 5) is 0.262. The van der Waals surface area contributed by atoms with Gasteiger partial charge >= 0.3 is 0 Å². The summed E-state index contributed by atoms with van der Waals surface area (Å²) in [6, 6.07) is 1.63. The van der Waals surface area contributed by atoms with Crippen LogP contribution in [0.1, 0.15) is 37.2 Å². The molecule has 120 valence electrons. The van der Waals surface area contributed by atoms with Gasteiger partial charge in [-0.2, -0.15) is 11.8 Å². The molecule has 2 unspecified atom stereocenters. The molecule has 2 atom stereocenters. The van der Waals surface area contributed by atoms with Crippen LogP contribution in [-0.4, -0.2) is 33.0 Å². The third kappa shape index (κ3) is 4.03. The summed E-state index contributed by atoms with van der Waals surface area (Å²) < 4.78 is 33.6. The van der Waals surface area contributed by atoms with Gasteiger partial charge in [-0.3, -0.25) is 0 Å². The highest BCUT2D eigenvalue weighted by Crippen LogP contribution is 2.29. The van der Waals surface area contributed by atoms with Crippen LogP contribution in [0.3, 0.4) is 0 Å². The van der Waals surface area contributed by atoms with Gasteiger partial charge in [0, 0.05) is 17.4 Å². The molecule has 1 saturated carbocycles. The Kier molecular flexibility index (Phi) is 5.76. The van der Waals surface area contributed by atoms with Crippen LogP contribution in [-0.2, 0) is 16.6 Å². The fourth-order valence-electron chi connectivity index (χ4n) is 2.83. The van der Waals surface area contributed by atoms with E-state index in [0.717, 1.165) is 19.3 Å². The van der Waals surface area contributed by atoms with Gasteiger partial charge in [0.15, 0.2) is 0 Å². The first-order valence-electron chi connectivity index (χ1n) is 7.27. The largest absolute Gasteiger partial charge is 0.464 e. The monoisotopic (exact) mass is 332 g/mol. The molecule has 1 aliphatic carbocycles. The molecule has 0 saturated heterocycles. The summed E-state index contributed by atoms with van der Waals surface area (Å²) >= 11 is 1.75. The molecule has 0 aliphatic heterocycles. The zero-order valence-corrected chi connectivity index (χ0v) is 14.4. The van der Waals surface area contributed by atoms with E-state index in [1.54, 1.807) is 31.8 Å². The normalized spacial score (nSPS) is 23.4. The number of hydrogen-bond acceptors (Lipinski definition) is 5. The van der Waals surface area contributed by atoms with E-state index in [2.05, 4.69) is 10.0 Å². The van der Waals surface area contributed by atoms with Crippen LogP contribution in [0.4, 0.5) is 0 Å². The van der Waals surface area contributed by atoms with Crippen LogP contribution < -0.4 is 10.0 Å². The summed E-state index contributed by atoms with van der Waals surface area (Å²) in [5.74, 6) is 1.09. The standard InChI is InChI=1S/C14H24N2O3S2/c1-10-14(8-11(19-10)9-15-2)21(17,18)16-12-6-4-5-7-13(12)20-3/h8,12-13,15-16H,4-7,9H2,1-3H3. The number of sulfonamides is 1. The lowest BCUT2D eigenvalue weighted by Gasteiger charge is -2.30. The van der Waals surface area contributed by atoms with Crippen molar-refractivity contribution in [2.45, 2.75) is 55.3 Å². The van der Waals surface area contributed by atoms with E-state index in [9.17, 15) is 8.42 Å². The average Bonchev–Trinajstić information content (AvgIpc) is 2.81. The second kappa shape index (κ2) is 7.17. The van der Waals surface area contributed by atoms with Crippen LogP contribution in [0.2, 0.25) is 0 Å². The molecule has 1 aromatic heterocycles. The van der Waals surface area contributed by atoms with Gasteiger partial charge in [0.2, 0.25) is 10.0 Å². The SMILES string of the molecule is CNCc1cc(S(=O)(=O)NC2CCCCC2SC)c(C)o1. The molecule has 0 amide bonds. The topological polar surface area (TPSA) is 71.3 Å². The quantitative estimate of drug-likeness (QED) is 0.836. The Morgan fingerprint density at radius 1 is 1.38 bits per heavy atom. The molecule has 1 heterocycles. The zero-order chi connectivity index (χ0) is 15.5. The number of thioether (sulfide) groups is 1. The third-order valence-electron chi connectivity index (χ3n) is 3.88. The van der Waals surface area contributed by atoms with Gasteiger partial charge in [-0.25, -0.2) is 13.1 Å². The first kappa shape index (κ1) is 16.9. The number of hydrogen-bond donors (Lipinski definition) is 2. The lowest BCUT2D eigenvalue weighted by molar-refractivity contribution is 0.422. The molecule has 0 aromatic carbocycles. The van der Waals surface area contributed by atoms with Gasteiger partial charge in [0.1, 0.15) is 16.4 Å². The molecule has 7 heteroatoms. The predicted molar refractivity (Wildman–Crippen MR) is 86.1 cm³/mol. The molecule has 2 rings (SSSR count). The van der Waals surface area contributed by atoms with Crippen molar-refractivity contribution in [3.63, 3.8) is 0 Å². The summed E-state index contributed by atoms with van der Waals surface area (Å²) in [6.07, 6.45) is 6.29. The Hall–Kier alpha value is -0.500. The highest BCUT2D eigenvalue weighted by atomic mass is 32.2. The second-order valence-electron chi connectivity index (χ2n) is 5.45. The Balaban J connectivity index is 2.17. The van der Waals surface area contributed by atoms with E-state index in [0.29, 0.717) is 23.3 Å². The maximum Gasteiger partial charge on any atom is 0.244 e. The lowest BCUT2D eigenvalue weighted by atomic mass is 9.96. The van der Waals surface area contributed by atoms with Crippen molar-refractivity contribution in [2.24, 2.45) is 0 Å². The molecule has 0 spiro atoms. The maximum atomic E-state index is 12.6. The number of nitrogens with one attached hydrogen (secondary N) is 2. The minimum absolute atomic E-state index is 0.0146. The molecule has 1 aromatic rings. The minimum atomic E-state index is -3.52. The first-order chi connectivity index (χ1) is 9.97. The molecule has 21 heavy (non-hydrogen) atoms. The van der Waals surface area contributed by atoms with Gasteiger partial charge < -0.3 is 9.73 Å². The molecular formula is C14H24N2O3S2. The maximum absolute atomic E-state index is 12.6. The number of furan rings is 1. The van der Waals surface area contributed by atoms with E-state index in [1.165, 1.54) is 6.42 Å². The Labute approximate surface area is 131 Å². The van der Waals surface area contributed by atoms with Crippen LogP contribution >= 0.6 is 11.8 Å². The molecule has 1 aliphatic rings. The summed E-state index contributed by atoms with van der Waals surface area (Å²) in [5, 5.41) is 3.32. The van der Waals surface area contributed by atoms with Crippen molar-refractivity contribution in [1.29, 1.82) is 0 Å². The van der Waals surface area contributed by atoms with E-state index < -0.39 is 10.0 Å². The minimum Gasteiger partial charge on any atom is -0.464 e. The second-order valence-corrected chi connectivity index (χ2v) is 8.21. The van der Waals surface area contributed by atoms with Gasteiger partial charge in [0.25, 0.3) is 0 Å². The fraction of sp³-hybridized carbons (Fsp3) is 0.714. The number of rotatable bonds is 6. The van der Waals surface area contributed by atoms with Crippen molar-refractivity contribution < 1.29 is 12.8 Å². The smallest absolute Gasteiger partial charge is 0.244 e. The highest BCUT2D eigenvalue weighted by molar-refractivity contribution is 7.99. The molecule has 1 fully saturated rings. The van der Waals surface area contributed by atoms with E-state index >= 15 is 0 Å². The van der Waals surface area contributed by atoms with E-state index in [-0.39, 0.29) is 10.9 Å². The van der Waals surface area contributed by atoms with E-state index in [4.69, 9.17) is 4.42 Å². The molecule has 0 radical (unpaired) electrons. The summed E-state index contributed by atoms with van der Waals surface area (Å²) in [5.41, 5.74) is 0. The Bertz CT molecular complexity index is 569. The van der Waals surface area contributed by atoms with Gasteiger partial charge in [-0.1, -0.05) is 12.8 Å². The lowest BCUT2D eigenvalue weighted by Crippen LogP contribution is -2.43. The van der Waals surface area contributed by atoms with Crippen molar-refractivity contribution >= 4 is 21.8 Å². The third-order valence-corrected chi connectivity index (χ3v) is 6.64. The van der Waals surface area contributed by atoms with Crippen LogP contribution in [0, 0.1) is 6.92 Å². The summed E-state index contributed by atoms with van der Waals surface area (Å²) in [7, 11) is -1.71. The van der Waals surface area contributed by atoms with Crippen molar-refractivity contribution in [3.05, 3.63) is 17.6 Å². The first-order valence-corrected chi connectivity index (χ1v) is 10.0. The Morgan fingerprint density at radius 3 is 2.76 bits per heavy atom. The van der Waals surface area contributed by atoms with Crippen LogP contribution in [0.15, 0.2) is 15.4 Å². The van der Waals surface area contributed by atoms with Crippen molar-refractivity contribution in [2.75, 3.05) is 13.3 Å². The van der Waals surface area contributed by atoms with Crippen molar-refractivity contribution in [3.8, 4) is 0 Å². The molecular weight excluding hydrogens is 308 g/mol. The van der Waals surface area contributed by atoms with Gasteiger partial charge in [-0.05, 0) is 33.1 Å². The highest BCUT2D eigenvalue weighted by Gasteiger charge is 2.30. The number of aryl methyl sites for hydroxylation is 1. The van der Waals surface area contributed by atoms with Crippen LogP contribution in [0.5, 0.6) is 0 Å².